The van der Waals surface area contributed by atoms with Gasteiger partial charge in [-0.15, -0.1) is 11.3 Å². The summed E-state index contributed by atoms with van der Waals surface area (Å²) in [5.74, 6) is 0.355. The smallest absolute Gasteiger partial charge is 0.338 e. The molecule has 4 heteroatoms. The number of benzene rings is 2. The molecule has 0 amide bonds. The third kappa shape index (κ3) is 1.85. The number of hydrogen-bond donors (Lipinski definition) is 0. The Morgan fingerprint density at radius 3 is 2.63 bits per heavy atom. The summed E-state index contributed by atoms with van der Waals surface area (Å²) in [6.07, 6.45) is 0. The van der Waals surface area contributed by atoms with Crippen molar-refractivity contribution in [1.29, 1.82) is 0 Å². The number of rotatable bonds is 2. The monoisotopic (exact) mass is 272 g/mol. The number of carbonyl (C=O) groups is 1. The van der Waals surface area contributed by atoms with Gasteiger partial charge in [-0.05, 0) is 18.2 Å². The van der Waals surface area contributed by atoms with Gasteiger partial charge in [-0.25, -0.2) is 4.79 Å². The molecule has 1 heterocycles. The predicted molar refractivity (Wildman–Crippen MR) is 77.2 cm³/mol. The van der Waals surface area contributed by atoms with Gasteiger partial charge in [0.05, 0.1) is 19.8 Å². The Balaban J connectivity index is 2.39. The number of methoxy groups -OCH3 is 2. The van der Waals surface area contributed by atoms with Crippen LogP contribution in [-0.4, -0.2) is 20.2 Å². The van der Waals surface area contributed by atoms with Crippen molar-refractivity contribution in [1.82, 2.24) is 0 Å². The maximum Gasteiger partial charge on any atom is 0.338 e. The van der Waals surface area contributed by atoms with E-state index in [4.69, 9.17) is 9.47 Å². The molecular weight excluding hydrogens is 260 g/mol. The molecule has 96 valence electrons. The van der Waals surface area contributed by atoms with Gasteiger partial charge in [0.15, 0.2) is 0 Å². The Hall–Kier alpha value is -2.07. The molecule has 0 atom stereocenters. The first-order valence-electron chi connectivity index (χ1n) is 5.82. The largest absolute Gasteiger partial charge is 0.496 e. The van der Waals surface area contributed by atoms with Crippen LogP contribution in [0.5, 0.6) is 5.75 Å². The van der Waals surface area contributed by atoms with Gasteiger partial charge in [-0.1, -0.05) is 18.2 Å². The first-order chi connectivity index (χ1) is 9.24. The summed E-state index contributed by atoms with van der Waals surface area (Å²) in [6, 6.07) is 11.7. The normalized spacial score (nSPS) is 10.8. The van der Waals surface area contributed by atoms with Crippen molar-refractivity contribution in [2.75, 3.05) is 14.2 Å². The molecule has 0 unspecified atom stereocenters. The topological polar surface area (TPSA) is 35.5 Å². The molecule has 0 aliphatic heterocycles. The molecule has 0 saturated carbocycles. The number of carbonyl (C=O) groups excluding carboxylic acids is 1. The minimum Gasteiger partial charge on any atom is -0.496 e. The average Bonchev–Trinajstić information content (AvgIpc) is 2.83. The van der Waals surface area contributed by atoms with Gasteiger partial charge in [-0.3, -0.25) is 0 Å². The van der Waals surface area contributed by atoms with Crippen LogP contribution in [-0.2, 0) is 4.74 Å². The molecule has 3 rings (SSSR count). The molecule has 0 aliphatic carbocycles. The van der Waals surface area contributed by atoms with E-state index >= 15 is 0 Å². The van der Waals surface area contributed by atoms with Crippen LogP contribution in [0.2, 0.25) is 0 Å². The van der Waals surface area contributed by atoms with E-state index < -0.39 is 0 Å². The SMILES string of the molecule is COC(=O)c1cc(OC)c2c(c1)sc1ccccc12. The van der Waals surface area contributed by atoms with Crippen LogP contribution in [0.25, 0.3) is 20.2 Å². The van der Waals surface area contributed by atoms with E-state index in [9.17, 15) is 4.79 Å². The van der Waals surface area contributed by atoms with Crippen LogP contribution < -0.4 is 4.74 Å². The second kappa shape index (κ2) is 4.55. The van der Waals surface area contributed by atoms with E-state index in [1.54, 1.807) is 24.5 Å². The molecule has 0 N–H and O–H groups in total. The second-order valence-electron chi connectivity index (χ2n) is 4.14. The van der Waals surface area contributed by atoms with Crippen molar-refractivity contribution < 1.29 is 14.3 Å². The third-order valence-corrected chi connectivity index (χ3v) is 4.20. The van der Waals surface area contributed by atoms with E-state index in [2.05, 4.69) is 12.1 Å². The van der Waals surface area contributed by atoms with Crippen LogP contribution >= 0.6 is 11.3 Å². The maximum atomic E-state index is 11.7. The highest BCUT2D eigenvalue weighted by Gasteiger charge is 2.15. The quantitative estimate of drug-likeness (QED) is 0.665. The maximum absolute atomic E-state index is 11.7. The minimum absolute atomic E-state index is 0.349. The lowest BCUT2D eigenvalue weighted by Gasteiger charge is -2.05. The second-order valence-corrected chi connectivity index (χ2v) is 5.23. The first-order valence-corrected chi connectivity index (χ1v) is 6.64. The molecule has 0 saturated heterocycles. The van der Waals surface area contributed by atoms with Gasteiger partial charge in [-0.2, -0.15) is 0 Å². The zero-order chi connectivity index (χ0) is 13.4. The number of ether oxygens (including phenoxy) is 2. The highest BCUT2D eigenvalue weighted by atomic mass is 32.1. The Labute approximate surface area is 114 Å². The standard InChI is InChI=1S/C15H12O3S/c1-17-11-7-9(15(16)18-2)8-13-14(11)10-5-3-4-6-12(10)19-13/h3-8H,1-2H3. The van der Waals surface area contributed by atoms with E-state index in [0.717, 1.165) is 15.5 Å². The molecule has 0 radical (unpaired) electrons. The minimum atomic E-state index is -0.349. The first kappa shape index (κ1) is 12.0. The zero-order valence-electron chi connectivity index (χ0n) is 10.6. The van der Waals surface area contributed by atoms with Crippen molar-refractivity contribution in [2.45, 2.75) is 0 Å². The van der Waals surface area contributed by atoms with Crippen molar-refractivity contribution in [3.05, 3.63) is 42.0 Å². The Kier molecular flexibility index (Phi) is 2.87. The highest BCUT2D eigenvalue weighted by molar-refractivity contribution is 7.25. The fourth-order valence-corrected chi connectivity index (χ4v) is 3.38. The van der Waals surface area contributed by atoms with Crippen LogP contribution in [0, 0.1) is 0 Å². The Bertz CT molecular complexity index is 774. The van der Waals surface area contributed by atoms with E-state index in [0.29, 0.717) is 11.3 Å². The number of thiophene rings is 1. The predicted octanol–water partition coefficient (Wildman–Crippen LogP) is 3.85. The number of esters is 1. The van der Waals surface area contributed by atoms with E-state index in [1.165, 1.54) is 11.8 Å². The lowest BCUT2D eigenvalue weighted by molar-refractivity contribution is 0.0600. The lowest BCUT2D eigenvalue weighted by Crippen LogP contribution is -2.01. The molecule has 0 bridgehead atoms. The van der Waals surface area contributed by atoms with Crippen molar-refractivity contribution in [3.63, 3.8) is 0 Å². The summed E-state index contributed by atoms with van der Waals surface area (Å²) in [5, 5.41) is 2.20. The fraction of sp³-hybridized carbons (Fsp3) is 0.133. The Morgan fingerprint density at radius 2 is 1.89 bits per heavy atom. The summed E-state index contributed by atoms with van der Waals surface area (Å²) in [4.78, 5) is 11.7. The Morgan fingerprint density at radius 1 is 1.11 bits per heavy atom. The highest BCUT2D eigenvalue weighted by Crippen LogP contribution is 2.40. The van der Waals surface area contributed by atoms with Gasteiger partial charge >= 0.3 is 5.97 Å². The van der Waals surface area contributed by atoms with Crippen molar-refractivity contribution >= 4 is 37.5 Å². The molecule has 0 aliphatic rings. The zero-order valence-corrected chi connectivity index (χ0v) is 11.4. The molecule has 3 nitrogen and oxygen atoms in total. The summed E-state index contributed by atoms with van der Waals surface area (Å²) in [6.45, 7) is 0. The van der Waals surface area contributed by atoms with Gasteiger partial charge in [0.1, 0.15) is 5.75 Å². The molecule has 1 aromatic heterocycles. The van der Waals surface area contributed by atoms with Crippen LogP contribution in [0.3, 0.4) is 0 Å². The van der Waals surface area contributed by atoms with Gasteiger partial charge in [0, 0.05) is 20.2 Å². The molecule has 3 aromatic rings. The van der Waals surface area contributed by atoms with E-state index in [-0.39, 0.29) is 5.97 Å². The summed E-state index contributed by atoms with van der Waals surface area (Å²) in [5.41, 5.74) is 0.512. The lowest BCUT2D eigenvalue weighted by atomic mass is 10.1. The summed E-state index contributed by atoms with van der Waals surface area (Å²) in [7, 11) is 2.99. The van der Waals surface area contributed by atoms with Gasteiger partial charge in [0.2, 0.25) is 0 Å². The van der Waals surface area contributed by atoms with Crippen molar-refractivity contribution in [3.8, 4) is 5.75 Å². The fourth-order valence-electron chi connectivity index (χ4n) is 2.21. The molecule has 0 fully saturated rings. The van der Waals surface area contributed by atoms with Crippen LogP contribution in [0.4, 0.5) is 0 Å². The molecular formula is C15H12O3S. The molecule has 0 spiro atoms. The number of hydrogen-bond acceptors (Lipinski definition) is 4. The van der Waals surface area contributed by atoms with Crippen LogP contribution in [0.15, 0.2) is 36.4 Å². The number of fused-ring (bicyclic) bond motifs is 3. The van der Waals surface area contributed by atoms with Crippen LogP contribution in [0.1, 0.15) is 10.4 Å². The molecule has 19 heavy (non-hydrogen) atoms. The van der Waals surface area contributed by atoms with Gasteiger partial charge < -0.3 is 9.47 Å². The third-order valence-electron chi connectivity index (χ3n) is 3.08. The summed E-state index contributed by atoms with van der Waals surface area (Å²) >= 11 is 1.65. The van der Waals surface area contributed by atoms with E-state index in [1.807, 2.05) is 18.2 Å². The van der Waals surface area contributed by atoms with Crippen molar-refractivity contribution in [2.24, 2.45) is 0 Å². The average molecular weight is 272 g/mol. The van der Waals surface area contributed by atoms with Gasteiger partial charge in [0.25, 0.3) is 0 Å². The summed E-state index contributed by atoms with van der Waals surface area (Å²) < 4.78 is 12.4. The molecule has 2 aromatic carbocycles.